The Bertz CT molecular complexity index is 840. The molecular formula is C16H17F2NO5S. The third kappa shape index (κ3) is 4.65. The standard InChI is InChI=1S/C16H17F2NO5S/c1-10-2-4-12(5-3-10)25(22,23)19-14-7-6-13(17)15(18)16(14)24-9-11(21)8-20/h2-7,11,19-21H,8-9H2,1H3/t11-/m0/s1. The summed E-state index contributed by atoms with van der Waals surface area (Å²) in [6.07, 6.45) is -1.33. The summed E-state index contributed by atoms with van der Waals surface area (Å²) >= 11 is 0. The summed E-state index contributed by atoms with van der Waals surface area (Å²) in [4.78, 5) is -0.0656. The van der Waals surface area contributed by atoms with Crippen molar-refractivity contribution in [3.8, 4) is 5.75 Å². The maximum Gasteiger partial charge on any atom is 0.262 e. The number of anilines is 1. The Morgan fingerprint density at radius 3 is 2.40 bits per heavy atom. The lowest BCUT2D eigenvalue weighted by Gasteiger charge is -2.16. The molecule has 0 bridgehead atoms. The van der Waals surface area contributed by atoms with Crippen LogP contribution in [0.15, 0.2) is 41.3 Å². The quantitative estimate of drug-likeness (QED) is 0.688. The number of benzene rings is 2. The molecule has 2 aromatic rings. The van der Waals surface area contributed by atoms with Crippen LogP contribution in [0.1, 0.15) is 5.56 Å². The zero-order valence-electron chi connectivity index (χ0n) is 13.2. The number of hydrogen-bond acceptors (Lipinski definition) is 5. The molecule has 0 fully saturated rings. The lowest BCUT2D eigenvalue weighted by Crippen LogP contribution is -2.22. The highest BCUT2D eigenvalue weighted by molar-refractivity contribution is 7.92. The zero-order valence-corrected chi connectivity index (χ0v) is 14.1. The minimum Gasteiger partial charge on any atom is -0.485 e. The average molecular weight is 373 g/mol. The molecule has 2 aromatic carbocycles. The average Bonchev–Trinajstić information content (AvgIpc) is 2.57. The Balaban J connectivity index is 2.35. The lowest BCUT2D eigenvalue weighted by molar-refractivity contribution is 0.0524. The number of halogens is 2. The molecule has 0 radical (unpaired) electrons. The molecule has 0 spiro atoms. The Hall–Kier alpha value is -2.23. The minimum absolute atomic E-state index is 0.0656. The smallest absolute Gasteiger partial charge is 0.262 e. The van der Waals surface area contributed by atoms with Crippen molar-refractivity contribution in [3.05, 3.63) is 53.6 Å². The van der Waals surface area contributed by atoms with E-state index in [4.69, 9.17) is 9.84 Å². The van der Waals surface area contributed by atoms with Gasteiger partial charge in [0.05, 0.1) is 17.2 Å². The second-order valence-corrected chi connectivity index (χ2v) is 6.99. The molecule has 9 heteroatoms. The lowest BCUT2D eigenvalue weighted by atomic mass is 10.2. The number of nitrogens with one attached hydrogen (secondary N) is 1. The van der Waals surface area contributed by atoms with Crippen LogP contribution in [0.4, 0.5) is 14.5 Å². The molecular weight excluding hydrogens is 356 g/mol. The largest absolute Gasteiger partial charge is 0.485 e. The summed E-state index contributed by atoms with van der Waals surface area (Å²) in [6, 6.07) is 7.67. The van der Waals surface area contributed by atoms with Gasteiger partial charge in [0.2, 0.25) is 5.82 Å². The van der Waals surface area contributed by atoms with Crippen molar-refractivity contribution < 1.29 is 32.1 Å². The molecule has 25 heavy (non-hydrogen) atoms. The molecule has 0 saturated heterocycles. The van der Waals surface area contributed by atoms with E-state index in [1.54, 1.807) is 19.1 Å². The van der Waals surface area contributed by atoms with E-state index in [1.807, 2.05) is 0 Å². The van der Waals surface area contributed by atoms with Crippen molar-refractivity contribution in [2.75, 3.05) is 17.9 Å². The molecule has 0 saturated carbocycles. The number of rotatable bonds is 7. The summed E-state index contributed by atoms with van der Waals surface area (Å²) in [7, 11) is -4.06. The fourth-order valence-electron chi connectivity index (χ4n) is 1.91. The van der Waals surface area contributed by atoms with Gasteiger partial charge in [0.15, 0.2) is 11.6 Å². The number of aliphatic hydroxyl groups is 2. The van der Waals surface area contributed by atoms with E-state index < -0.39 is 46.7 Å². The van der Waals surface area contributed by atoms with E-state index >= 15 is 0 Å². The van der Waals surface area contributed by atoms with Gasteiger partial charge >= 0.3 is 0 Å². The van der Waals surface area contributed by atoms with Crippen LogP contribution >= 0.6 is 0 Å². The highest BCUT2D eigenvalue weighted by Gasteiger charge is 2.21. The van der Waals surface area contributed by atoms with Crippen LogP contribution in [0.2, 0.25) is 0 Å². The molecule has 0 unspecified atom stereocenters. The first-order valence-electron chi connectivity index (χ1n) is 7.24. The zero-order chi connectivity index (χ0) is 18.6. The first-order chi connectivity index (χ1) is 11.7. The molecule has 0 amide bonds. The van der Waals surface area contributed by atoms with E-state index in [1.165, 1.54) is 12.1 Å². The van der Waals surface area contributed by atoms with Crippen LogP contribution < -0.4 is 9.46 Å². The van der Waals surface area contributed by atoms with Crippen LogP contribution in [0.3, 0.4) is 0 Å². The fraction of sp³-hybridized carbons (Fsp3) is 0.250. The Morgan fingerprint density at radius 1 is 1.16 bits per heavy atom. The van der Waals surface area contributed by atoms with Crippen molar-refractivity contribution in [1.82, 2.24) is 0 Å². The third-order valence-corrected chi connectivity index (χ3v) is 4.64. The van der Waals surface area contributed by atoms with Crippen molar-refractivity contribution in [3.63, 3.8) is 0 Å². The molecule has 2 rings (SSSR count). The molecule has 0 aliphatic carbocycles. The van der Waals surface area contributed by atoms with Gasteiger partial charge in [-0.3, -0.25) is 4.72 Å². The summed E-state index contributed by atoms with van der Waals surface area (Å²) in [6.45, 7) is 0.592. The van der Waals surface area contributed by atoms with Gasteiger partial charge in [-0.15, -0.1) is 0 Å². The van der Waals surface area contributed by atoms with Gasteiger partial charge in [-0.05, 0) is 31.2 Å². The fourth-order valence-corrected chi connectivity index (χ4v) is 2.97. The number of ether oxygens (including phenoxy) is 1. The monoisotopic (exact) mass is 373 g/mol. The predicted molar refractivity (Wildman–Crippen MR) is 86.9 cm³/mol. The van der Waals surface area contributed by atoms with Gasteiger partial charge < -0.3 is 14.9 Å². The molecule has 0 aliphatic rings. The van der Waals surface area contributed by atoms with E-state index in [2.05, 4.69) is 4.72 Å². The maximum atomic E-state index is 14.0. The van der Waals surface area contributed by atoms with Gasteiger partial charge in [0.1, 0.15) is 12.7 Å². The van der Waals surface area contributed by atoms with Crippen molar-refractivity contribution >= 4 is 15.7 Å². The molecule has 136 valence electrons. The number of sulfonamides is 1. The molecule has 1 atom stereocenters. The van der Waals surface area contributed by atoms with Gasteiger partial charge in [0.25, 0.3) is 10.0 Å². The van der Waals surface area contributed by atoms with Crippen molar-refractivity contribution in [2.45, 2.75) is 17.9 Å². The van der Waals surface area contributed by atoms with Gasteiger partial charge in [-0.2, -0.15) is 4.39 Å². The van der Waals surface area contributed by atoms with Crippen LogP contribution in [0, 0.1) is 18.6 Å². The SMILES string of the molecule is Cc1ccc(S(=O)(=O)Nc2ccc(F)c(F)c2OC[C@@H](O)CO)cc1. The second kappa shape index (κ2) is 7.77. The summed E-state index contributed by atoms with van der Waals surface area (Å²) in [5, 5.41) is 18.0. The van der Waals surface area contributed by atoms with E-state index in [9.17, 15) is 22.3 Å². The van der Waals surface area contributed by atoms with E-state index in [-0.39, 0.29) is 10.6 Å². The highest BCUT2D eigenvalue weighted by Crippen LogP contribution is 2.31. The molecule has 3 N–H and O–H groups in total. The van der Waals surface area contributed by atoms with E-state index in [0.29, 0.717) is 0 Å². The highest BCUT2D eigenvalue weighted by atomic mass is 32.2. The summed E-state index contributed by atoms with van der Waals surface area (Å²) in [5.41, 5.74) is 0.526. The minimum atomic E-state index is -4.06. The topological polar surface area (TPSA) is 95.9 Å². The number of hydrogen-bond donors (Lipinski definition) is 3. The normalized spacial score (nSPS) is 12.7. The Labute approximate surface area is 143 Å². The first-order valence-corrected chi connectivity index (χ1v) is 8.72. The number of aryl methyl sites for hydroxylation is 1. The van der Waals surface area contributed by atoms with E-state index in [0.717, 1.165) is 17.7 Å². The van der Waals surface area contributed by atoms with Crippen LogP contribution in [-0.4, -0.2) is 37.9 Å². The van der Waals surface area contributed by atoms with Crippen LogP contribution in [-0.2, 0) is 10.0 Å². The predicted octanol–water partition coefficient (Wildman–Crippen LogP) is 1.81. The van der Waals surface area contributed by atoms with Crippen molar-refractivity contribution in [1.29, 1.82) is 0 Å². The van der Waals surface area contributed by atoms with Crippen LogP contribution in [0.25, 0.3) is 0 Å². The van der Waals surface area contributed by atoms with Crippen molar-refractivity contribution in [2.24, 2.45) is 0 Å². The number of aliphatic hydroxyl groups excluding tert-OH is 2. The second-order valence-electron chi connectivity index (χ2n) is 5.30. The Morgan fingerprint density at radius 2 is 1.80 bits per heavy atom. The van der Waals surface area contributed by atoms with Crippen LogP contribution in [0.5, 0.6) is 5.75 Å². The summed E-state index contributed by atoms with van der Waals surface area (Å²) < 4.78 is 59.2. The first kappa shape index (κ1) is 19.1. The molecule has 0 aromatic heterocycles. The molecule has 0 heterocycles. The third-order valence-electron chi connectivity index (χ3n) is 3.26. The van der Waals surface area contributed by atoms with Gasteiger partial charge in [-0.1, -0.05) is 17.7 Å². The van der Waals surface area contributed by atoms with Gasteiger partial charge in [0, 0.05) is 0 Å². The maximum absolute atomic E-state index is 14.0. The summed E-state index contributed by atoms with van der Waals surface area (Å²) in [5.74, 6) is -3.36. The molecule has 6 nitrogen and oxygen atoms in total. The Kier molecular flexibility index (Phi) is 5.93. The van der Waals surface area contributed by atoms with Gasteiger partial charge in [-0.25, -0.2) is 12.8 Å². The molecule has 0 aliphatic heterocycles.